The molecule has 1 amide bonds. The Kier molecular flexibility index (Phi) is 4.82. The molecule has 6 heteroatoms. The summed E-state index contributed by atoms with van der Waals surface area (Å²) >= 11 is 1.53. The van der Waals surface area contributed by atoms with E-state index in [9.17, 15) is 4.79 Å². The summed E-state index contributed by atoms with van der Waals surface area (Å²) in [5.41, 5.74) is 1.31. The Bertz CT molecular complexity index is 643. The Morgan fingerprint density at radius 2 is 2.20 bits per heavy atom. The summed E-state index contributed by atoms with van der Waals surface area (Å²) < 4.78 is 0. The van der Waals surface area contributed by atoms with Crippen LogP contribution < -0.4 is 0 Å². The second kappa shape index (κ2) is 6.80. The highest BCUT2D eigenvalue weighted by atomic mass is 32.1. The highest BCUT2D eigenvalue weighted by Crippen LogP contribution is 2.16. The van der Waals surface area contributed by atoms with E-state index < -0.39 is 0 Å². The Morgan fingerprint density at radius 1 is 1.45 bits per heavy atom. The van der Waals surface area contributed by atoms with E-state index in [0.29, 0.717) is 12.1 Å². The number of hydrogen-bond donors (Lipinski definition) is 1. The molecule has 2 aromatic heterocycles. The van der Waals surface area contributed by atoms with Crippen LogP contribution in [0.25, 0.3) is 0 Å². The SMILES string of the molecule is CN(Cc1cc(C#CCO)cs1)C(=O)c1cncnc1. The van der Waals surface area contributed by atoms with E-state index in [1.54, 1.807) is 11.9 Å². The van der Waals surface area contributed by atoms with Crippen LogP contribution in [-0.4, -0.2) is 39.5 Å². The highest BCUT2D eigenvalue weighted by molar-refractivity contribution is 7.10. The van der Waals surface area contributed by atoms with Gasteiger partial charge in [0.1, 0.15) is 12.9 Å². The number of carbonyl (C=O) groups is 1. The molecular weight excluding hydrogens is 274 g/mol. The minimum atomic E-state index is -0.155. The molecule has 0 aliphatic carbocycles. The maximum Gasteiger partial charge on any atom is 0.257 e. The third-order valence-corrected chi connectivity index (χ3v) is 3.43. The zero-order valence-corrected chi connectivity index (χ0v) is 11.7. The van der Waals surface area contributed by atoms with Gasteiger partial charge in [-0.2, -0.15) is 0 Å². The fourth-order valence-electron chi connectivity index (χ4n) is 1.61. The molecule has 2 rings (SSSR count). The number of hydrogen-bond acceptors (Lipinski definition) is 5. The molecular formula is C14H13N3O2S. The van der Waals surface area contributed by atoms with E-state index in [0.717, 1.165) is 10.4 Å². The second-order valence-electron chi connectivity index (χ2n) is 4.05. The van der Waals surface area contributed by atoms with E-state index >= 15 is 0 Å². The van der Waals surface area contributed by atoms with Crippen molar-refractivity contribution in [3.05, 3.63) is 46.2 Å². The third-order valence-electron chi connectivity index (χ3n) is 2.51. The van der Waals surface area contributed by atoms with Gasteiger partial charge in [-0.05, 0) is 6.07 Å². The van der Waals surface area contributed by atoms with Crippen LogP contribution in [0.3, 0.4) is 0 Å². The molecule has 0 bridgehead atoms. The molecule has 5 nitrogen and oxygen atoms in total. The lowest BCUT2D eigenvalue weighted by Gasteiger charge is -2.15. The number of thiophene rings is 1. The third kappa shape index (κ3) is 3.63. The van der Waals surface area contributed by atoms with Crippen molar-refractivity contribution in [1.29, 1.82) is 0 Å². The van der Waals surface area contributed by atoms with Crippen LogP contribution in [0.1, 0.15) is 20.8 Å². The predicted molar refractivity (Wildman–Crippen MR) is 76.1 cm³/mol. The van der Waals surface area contributed by atoms with Crippen molar-refractivity contribution in [2.45, 2.75) is 6.54 Å². The summed E-state index contributed by atoms with van der Waals surface area (Å²) in [5, 5.41) is 10.5. The van der Waals surface area contributed by atoms with Crippen LogP contribution in [0.2, 0.25) is 0 Å². The quantitative estimate of drug-likeness (QED) is 0.860. The summed E-state index contributed by atoms with van der Waals surface area (Å²) in [4.78, 5) is 22.4. The number of amides is 1. The smallest absolute Gasteiger partial charge is 0.257 e. The molecule has 20 heavy (non-hydrogen) atoms. The topological polar surface area (TPSA) is 66.3 Å². The molecule has 0 aromatic carbocycles. The van der Waals surface area contributed by atoms with Crippen molar-refractivity contribution in [2.24, 2.45) is 0 Å². The number of aliphatic hydroxyl groups is 1. The van der Waals surface area contributed by atoms with Gasteiger partial charge in [0.2, 0.25) is 0 Å². The van der Waals surface area contributed by atoms with E-state index in [4.69, 9.17) is 5.11 Å². The van der Waals surface area contributed by atoms with Gasteiger partial charge in [0, 0.05) is 35.3 Å². The summed E-state index contributed by atoms with van der Waals surface area (Å²) in [6.07, 6.45) is 4.39. The molecule has 0 atom stereocenters. The first-order valence-electron chi connectivity index (χ1n) is 5.88. The second-order valence-corrected chi connectivity index (χ2v) is 5.05. The first-order valence-corrected chi connectivity index (χ1v) is 6.76. The molecule has 0 saturated heterocycles. The Hall–Kier alpha value is -2.23. The molecule has 0 spiro atoms. The van der Waals surface area contributed by atoms with Gasteiger partial charge in [0.15, 0.2) is 0 Å². The van der Waals surface area contributed by atoms with Gasteiger partial charge in [0.05, 0.1) is 12.1 Å². The largest absolute Gasteiger partial charge is 0.384 e. The van der Waals surface area contributed by atoms with Gasteiger partial charge < -0.3 is 10.0 Å². The van der Waals surface area contributed by atoms with E-state index in [2.05, 4.69) is 21.8 Å². The number of aromatic nitrogens is 2. The molecule has 0 fully saturated rings. The van der Waals surface area contributed by atoms with Crippen LogP contribution in [0.5, 0.6) is 0 Å². The molecule has 2 aromatic rings. The Balaban J connectivity index is 2.02. The summed E-state index contributed by atoms with van der Waals surface area (Å²) in [5.74, 6) is 5.31. The Labute approximate surface area is 120 Å². The van der Waals surface area contributed by atoms with Crippen LogP contribution in [0.15, 0.2) is 30.2 Å². The van der Waals surface area contributed by atoms with Crippen molar-refractivity contribution in [2.75, 3.05) is 13.7 Å². The summed E-state index contributed by atoms with van der Waals surface area (Å²) in [6.45, 7) is 0.344. The number of carbonyl (C=O) groups excluding carboxylic acids is 1. The number of rotatable bonds is 3. The van der Waals surface area contributed by atoms with Gasteiger partial charge in [-0.3, -0.25) is 4.79 Å². The monoisotopic (exact) mass is 287 g/mol. The van der Waals surface area contributed by atoms with Gasteiger partial charge >= 0.3 is 0 Å². The fourth-order valence-corrected chi connectivity index (χ4v) is 2.47. The fraction of sp³-hybridized carbons (Fsp3) is 0.214. The van der Waals surface area contributed by atoms with Crippen molar-refractivity contribution >= 4 is 17.2 Å². The summed E-state index contributed by atoms with van der Waals surface area (Å²) in [6, 6.07) is 1.92. The van der Waals surface area contributed by atoms with Crippen molar-refractivity contribution in [3.8, 4) is 11.8 Å². The number of aliphatic hydroxyl groups excluding tert-OH is 1. The van der Waals surface area contributed by atoms with Gasteiger partial charge in [-0.25, -0.2) is 9.97 Å². The molecule has 0 radical (unpaired) electrons. The normalized spacial score (nSPS) is 9.70. The first-order chi connectivity index (χ1) is 9.70. The van der Waals surface area contributed by atoms with E-state index in [1.807, 2.05) is 11.4 Å². The minimum Gasteiger partial charge on any atom is -0.384 e. The molecule has 0 saturated carbocycles. The molecule has 0 aliphatic rings. The zero-order chi connectivity index (χ0) is 14.4. The van der Waals surface area contributed by atoms with Crippen molar-refractivity contribution < 1.29 is 9.90 Å². The Morgan fingerprint density at radius 3 is 2.90 bits per heavy atom. The maximum atomic E-state index is 12.1. The van der Waals surface area contributed by atoms with Crippen molar-refractivity contribution in [3.63, 3.8) is 0 Å². The van der Waals surface area contributed by atoms with Crippen LogP contribution >= 0.6 is 11.3 Å². The van der Waals surface area contributed by atoms with Crippen LogP contribution in [-0.2, 0) is 6.54 Å². The molecule has 102 valence electrons. The molecule has 1 N–H and O–H groups in total. The minimum absolute atomic E-state index is 0.123. The van der Waals surface area contributed by atoms with Crippen LogP contribution in [0.4, 0.5) is 0 Å². The predicted octanol–water partition coefficient (Wildman–Crippen LogP) is 1.15. The number of nitrogens with zero attached hydrogens (tertiary/aromatic N) is 3. The lowest BCUT2D eigenvalue weighted by atomic mass is 10.2. The molecule has 0 unspecified atom stereocenters. The van der Waals surface area contributed by atoms with Crippen molar-refractivity contribution in [1.82, 2.24) is 14.9 Å². The summed E-state index contributed by atoms with van der Waals surface area (Å²) in [7, 11) is 1.73. The molecule has 2 heterocycles. The standard InChI is InChI=1S/C14H13N3O2S/c1-17(14(19)12-6-15-10-16-7-12)8-13-5-11(9-20-13)3-2-4-18/h5-7,9-10,18H,4,8H2,1H3. The lowest BCUT2D eigenvalue weighted by molar-refractivity contribution is 0.0785. The maximum absolute atomic E-state index is 12.1. The lowest BCUT2D eigenvalue weighted by Crippen LogP contribution is -2.26. The zero-order valence-electron chi connectivity index (χ0n) is 10.9. The van der Waals surface area contributed by atoms with E-state index in [1.165, 1.54) is 30.1 Å². The van der Waals surface area contributed by atoms with Gasteiger partial charge in [0.25, 0.3) is 5.91 Å². The molecule has 0 aliphatic heterocycles. The van der Waals surface area contributed by atoms with Crippen LogP contribution in [0, 0.1) is 11.8 Å². The average Bonchev–Trinajstić information content (AvgIpc) is 2.92. The van der Waals surface area contributed by atoms with E-state index in [-0.39, 0.29) is 12.5 Å². The van der Waals surface area contributed by atoms with Gasteiger partial charge in [-0.1, -0.05) is 11.8 Å². The first kappa shape index (κ1) is 14.2. The average molecular weight is 287 g/mol. The highest BCUT2D eigenvalue weighted by Gasteiger charge is 2.13. The van der Waals surface area contributed by atoms with Gasteiger partial charge in [-0.15, -0.1) is 11.3 Å².